The van der Waals surface area contributed by atoms with E-state index >= 15 is 0 Å². The standard InChI is InChI=1S/C21H25N3.C13H12FN.2C2H6/c1-15(2)16(3)20-12-17(7-8-21(20)22)18-11-19(14-23-13-18)24-9-5-4-6-10-24;1-10-2-7-13(15-9-10)8-11-3-5-12(14)6-4-11;2*1-2/h7-8,11-14H,1,3-6,9-10,22H2,2H3;2-7,9H,8H2,1H3;2*1-2H3. The highest BCUT2D eigenvalue weighted by atomic mass is 19.1. The van der Waals surface area contributed by atoms with E-state index in [9.17, 15) is 4.39 Å². The van der Waals surface area contributed by atoms with Crippen LogP contribution in [0.2, 0.25) is 0 Å². The predicted octanol–water partition coefficient (Wildman–Crippen LogP) is 10.1. The van der Waals surface area contributed by atoms with Crippen molar-refractivity contribution < 1.29 is 4.39 Å². The van der Waals surface area contributed by atoms with Gasteiger partial charge in [0, 0.05) is 54.4 Å². The maximum Gasteiger partial charge on any atom is 0.123 e. The van der Waals surface area contributed by atoms with E-state index in [1.807, 2.05) is 84.4 Å². The fourth-order valence-corrected chi connectivity index (χ4v) is 4.55. The van der Waals surface area contributed by atoms with Gasteiger partial charge in [-0.1, -0.05) is 70.7 Å². The number of aromatic nitrogens is 2. The Morgan fingerprint density at radius 2 is 1.51 bits per heavy atom. The topological polar surface area (TPSA) is 55.0 Å². The van der Waals surface area contributed by atoms with Crippen LogP contribution < -0.4 is 10.6 Å². The number of pyridine rings is 2. The number of allylic oxidation sites excluding steroid dienone is 2. The van der Waals surface area contributed by atoms with Crippen molar-refractivity contribution in [2.45, 2.75) is 67.2 Å². The number of nitrogens with zero attached hydrogens (tertiary/aromatic N) is 3. The average molecular weight is 581 g/mol. The number of hydrogen-bond donors (Lipinski definition) is 1. The molecule has 1 fully saturated rings. The molecule has 2 N–H and O–H groups in total. The molecular weight excluding hydrogens is 531 g/mol. The van der Waals surface area contributed by atoms with Crippen molar-refractivity contribution in [1.82, 2.24) is 9.97 Å². The lowest BCUT2D eigenvalue weighted by Gasteiger charge is -2.28. The highest BCUT2D eigenvalue weighted by molar-refractivity contribution is 5.85. The molecule has 2 aromatic carbocycles. The van der Waals surface area contributed by atoms with Crippen LogP contribution in [0.25, 0.3) is 16.7 Å². The first-order valence-corrected chi connectivity index (χ1v) is 15.4. The summed E-state index contributed by atoms with van der Waals surface area (Å²) in [6.07, 6.45) is 10.3. The lowest BCUT2D eigenvalue weighted by Crippen LogP contribution is -2.29. The Hall–Kier alpha value is -4.25. The Morgan fingerprint density at radius 1 is 0.837 bits per heavy atom. The van der Waals surface area contributed by atoms with E-state index in [2.05, 4.69) is 40.2 Å². The van der Waals surface area contributed by atoms with Crippen LogP contribution >= 0.6 is 0 Å². The molecule has 3 heterocycles. The molecular formula is C38H49FN4. The second-order valence-corrected chi connectivity index (χ2v) is 10.2. The molecule has 1 saturated heterocycles. The number of rotatable bonds is 6. The smallest absolute Gasteiger partial charge is 0.123 e. The van der Waals surface area contributed by atoms with E-state index in [1.165, 1.54) is 37.1 Å². The van der Waals surface area contributed by atoms with Gasteiger partial charge in [0.15, 0.2) is 0 Å². The molecule has 228 valence electrons. The van der Waals surface area contributed by atoms with E-state index in [0.717, 1.165) is 69.9 Å². The van der Waals surface area contributed by atoms with E-state index < -0.39 is 0 Å². The number of aryl methyl sites for hydroxylation is 1. The van der Waals surface area contributed by atoms with Crippen molar-refractivity contribution in [1.29, 1.82) is 0 Å². The summed E-state index contributed by atoms with van der Waals surface area (Å²) in [6.45, 7) is 22.3. The largest absolute Gasteiger partial charge is 0.398 e. The molecule has 4 aromatic rings. The van der Waals surface area contributed by atoms with Gasteiger partial charge in [-0.3, -0.25) is 9.97 Å². The lowest BCUT2D eigenvalue weighted by molar-refractivity contribution is 0.577. The maximum atomic E-state index is 12.7. The van der Waals surface area contributed by atoms with Gasteiger partial charge < -0.3 is 10.6 Å². The zero-order chi connectivity index (χ0) is 31.8. The second kappa shape index (κ2) is 18.3. The van der Waals surface area contributed by atoms with Crippen LogP contribution in [0.1, 0.15) is 76.3 Å². The molecule has 1 aliphatic rings. The van der Waals surface area contributed by atoms with Gasteiger partial charge in [0.2, 0.25) is 0 Å². The summed E-state index contributed by atoms with van der Waals surface area (Å²) in [7, 11) is 0. The van der Waals surface area contributed by atoms with Gasteiger partial charge in [0.25, 0.3) is 0 Å². The second-order valence-electron chi connectivity index (χ2n) is 10.2. The fraction of sp³-hybridized carbons (Fsp3) is 0.316. The zero-order valence-electron chi connectivity index (χ0n) is 27.0. The summed E-state index contributed by atoms with van der Waals surface area (Å²) in [5.74, 6) is -0.199. The molecule has 43 heavy (non-hydrogen) atoms. The molecule has 5 heteroatoms. The van der Waals surface area contributed by atoms with Crippen molar-refractivity contribution in [3.8, 4) is 11.1 Å². The molecule has 0 spiro atoms. The minimum Gasteiger partial charge on any atom is -0.398 e. The SMILES string of the molecule is C=C(C)C(=C)c1cc(-c2cncc(N3CCCCC3)c2)ccc1N.CC.CC.Cc1ccc(Cc2ccc(F)cc2)nc1. The third-order valence-corrected chi connectivity index (χ3v) is 6.94. The van der Waals surface area contributed by atoms with Crippen molar-refractivity contribution >= 4 is 16.9 Å². The Bertz CT molecular complexity index is 1380. The van der Waals surface area contributed by atoms with E-state index in [0.29, 0.717) is 0 Å². The number of anilines is 2. The van der Waals surface area contributed by atoms with Crippen LogP contribution in [-0.4, -0.2) is 23.1 Å². The van der Waals surface area contributed by atoms with Crippen LogP contribution in [-0.2, 0) is 6.42 Å². The van der Waals surface area contributed by atoms with Crippen LogP contribution in [0.15, 0.2) is 98.0 Å². The third-order valence-electron chi connectivity index (χ3n) is 6.94. The predicted molar refractivity (Wildman–Crippen MR) is 185 cm³/mol. The van der Waals surface area contributed by atoms with Gasteiger partial charge in [-0.2, -0.15) is 0 Å². The first-order chi connectivity index (χ1) is 20.8. The number of piperidine rings is 1. The van der Waals surface area contributed by atoms with Crippen LogP contribution in [0, 0.1) is 12.7 Å². The molecule has 2 aromatic heterocycles. The summed E-state index contributed by atoms with van der Waals surface area (Å²) in [4.78, 5) is 11.2. The molecule has 0 bridgehead atoms. The number of halogens is 1. The fourth-order valence-electron chi connectivity index (χ4n) is 4.55. The molecule has 0 aliphatic carbocycles. The minimum atomic E-state index is -0.199. The number of hydrogen-bond acceptors (Lipinski definition) is 4. The van der Waals surface area contributed by atoms with Crippen molar-refractivity contribution in [2.24, 2.45) is 0 Å². The first-order valence-electron chi connectivity index (χ1n) is 15.4. The molecule has 0 unspecified atom stereocenters. The van der Waals surface area contributed by atoms with Crippen molar-refractivity contribution in [3.63, 3.8) is 0 Å². The van der Waals surface area contributed by atoms with Gasteiger partial charge >= 0.3 is 0 Å². The van der Waals surface area contributed by atoms with Crippen LogP contribution in [0.4, 0.5) is 15.8 Å². The van der Waals surface area contributed by atoms with Crippen LogP contribution in [0.3, 0.4) is 0 Å². The average Bonchev–Trinajstić information content (AvgIpc) is 3.06. The van der Waals surface area contributed by atoms with E-state index in [4.69, 9.17) is 5.73 Å². The Balaban J connectivity index is 0.000000292. The zero-order valence-corrected chi connectivity index (χ0v) is 27.0. The lowest BCUT2D eigenvalue weighted by atomic mass is 9.96. The van der Waals surface area contributed by atoms with Gasteiger partial charge in [-0.15, -0.1) is 0 Å². The molecule has 4 nitrogen and oxygen atoms in total. The highest BCUT2D eigenvalue weighted by Crippen LogP contribution is 2.32. The van der Waals surface area contributed by atoms with Crippen molar-refractivity contribution in [3.05, 3.63) is 126 Å². The minimum absolute atomic E-state index is 0.199. The quantitative estimate of drug-likeness (QED) is 0.182. The Labute approximate surface area is 259 Å². The summed E-state index contributed by atoms with van der Waals surface area (Å²) in [5, 5.41) is 0. The molecule has 1 aliphatic heterocycles. The molecule has 0 atom stereocenters. The first kappa shape index (κ1) is 34.9. The Morgan fingerprint density at radius 3 is 2.12 bits per heavy atom. The summed E-state index contributed by atoms with van der Waals surface area (Å²) >= 11 is 0. The van der Waals surface area contributed by atoms with Gasteiger partial charge in [-0.05, 0) is 91.8 Å². The Kier molecular flexibility index (Phi) is 14.9. The molecule has 5 rings (SSSR count). The van der Waals surface area contributed by atoms with Crippen molar-refractivity contribution in [2.75, 3.05) is 23.7 Å². The summed E-state index contributed by atoms with van der Waals surface area (Å²) in [5.41, 5.74) is 16.3. The van der Waals surface area contributed by atoms with E-state index in [1.54, 1.807) is 12.1 Å². The van der Waals surface area contributed by atoms with Crippen LogP contribution in [0.5, 0.6) is 0 Å². The number of nitrogen functional groups attached to an aromatic ring is 1. The maximum absolute atomic E-state index is 12.7. The third kappa shape index (κ3) is 10.8. The summed E-state index contributed by atoms with van der Waals surface area (Å²) < 4.78 is 12.7. The van der Waals surface area contributed by atoms with E-state index in [-0.39, 0.29) is 5.82 Å². The highest BCUT2D eigenvalue weighted by Gasteiger charge is 2.13. The van der Waals surface area contributed by atoms with Gasteiger partial charge in [0.05, 0.1) is 11.9 Å². The summed E-state index contributed by atoms with van der Waals surface area (Å²) in [6, 6.07) is 18.8. The normalized spacial score (nSPS) is 11.9. The monoisotopic (exact) mass is 580 g/mol. The molecule has 0 radical (unpaired) electrons. The molecule has 0 amide bonds. The number of benzene rings is 2. The molecule has 0 saturated carbocycles. The van der Waals surface area contributed by atoms with Gasteiger partial charge in [-0.25, -0.2) is 4.39 Å². The van der Waals surface area contributed by atoms with Gasteiger partial charge in [0.1, 0.15) is 5.82 Å². The number of nitrogens with two attached hydrogens (primary N) is 1.